The Balaban J connectivity index is 3.11. The Morgan fingerprint density at radius 1 is 0.656 bits per heavy atom. The fourth-order valence-corrected chi connectivity index (χ4v) is 4.90. The van der Waals surface area contributed by atoms with E-state index in [0.717, 1.165) is 19.6 Å². The molecule has 1 heteroatoms. The minimum Gasteiger partial charge on any atom is -0.381 e. The molecule has 0 unspecified atom stereocenters. The lowest BCUT2D eigenvalue weighted by atomic mass is 9.62. The number of ether oxygens (including phenoxy) is 1. The van der Waals surface area contributed by atoms with Crippen LogP contribution in [0.2, 0.25) is 0 Å². The number of rotatable bonds is 6. The average molecular weight is 437 g/mol. The lowest BCUT2D eigenvalue weighted by molar-refractivity contribution is 0.0947. The molecular weight excluding hydrogens is 388 g/mol. The van der Waals surface area contributed by atoms with Crippen molar-refractivity contribution < 1.29 is 4.74 Å². The van der Waals surface area contributed by atoms with Gasteiger partial charge in [0.2, 0.25) is 0 Å². The number of hydrogen-bond acceptors (Lipinski definition) is 1. The zero-order valence-corrected chi connectivity index (χ0v) is 23.0. The fourth-order valence-electron chi connectivity index (χ4n) is 4.90. The maximum absolute atomic E-state index is 6.18. The summed E-state index contributed by atoms with van der Waals surface area (Å²) in [7, 11) is 0. The van der Waals surface area contributed by atoms with Crippen molar-refractivity contribution in [1.29, 1.82) is 0 Å². The number of benzene rings is 2. The van der Waals surface area contributed by atoms with E-state index in [1.54, 1.807) is 0 Å². The normalized spacial score (nSPS) is 13.5. The van der Waals surface area contributed by atoms with E-state index in [0.29, 0.717) is 0 Å². The highest BCUT2D eigenvalue weighted by Crippen LogP contribution is 2.49. The van der Waals surface area contributed by atoms with Crippen LogP contribution < -0.4 is 0 Å². The van der Waals surface area contributed by atoms with E-state index >= 15 is 0 Å². The van der Waals surface area contributed by atoms with E-state index in [2.05, 4.69) is 119 Å². The topological polar surface area (TPSA) is 9.23 Å². The molecule has 178 valence electrons. The fraction of sp³-hybridized carbons (Fsp3) is 0.613. The van der Waals surface area contributed by atoms with Gasteiger partial charge in [-0.05, 0) is 56.0 Å². The van der Waals surface area contributed by atoms with Crippen molar-refractivity contribution >= 4 is 0 Å². The molecule has 0 amide bonds. The van der Waals surface area contributed by atoms with Crippen molar-refractivity contribution in [3.05, 3.63) is 58.7 Å². The van der Waals surface area contributed by atoms with E-state index in [1.165, 1.54) is 33.4 Å². The molecule has 2 aromatic rings. The summed E-state index contributed by atoms with van der Waals surface area (Å²) >= 11 is 0. The van der Waals surface area contributed by atoms with Gasteiger partial charge in [-0.1, -0.05) is 119 Å². The first-order chi connectivity index (χ1) is 14.5. The summed E-state index contributed by atoms with van der Waals surface area (Å²) < 4.78 is 6.18. The van der Waals surface area contributed by atoms with Crippen LogP contribution in [0.15, 0.2) is 36.4 Å². The van der Waals surface area contributed by atoms with Gasteiger partial charge in [0.15, 0.2) is 0 Å². The van der Waals surface area contributed by atoms with E-state index in [1.807, 2.05) is 0 Å². The lowest BCUT2D eigenvalue weighted by Crippen LogP contribution is -2.35. The summed E-state index contributed by atoms with van der Waals surface area (Å²) in [6.45, 7) is 29.8. The van der Waals surface area contributed by atoms with Crippen LogP contribution in [0, 0.1) is 0 Å². The van der Waals surface area contributed by atoms with E-state index in [9.17, 15) is 0 Å². The summed E-state index contributed by atoms with van der Waals surface area (Å²) in [5.74, 6) is 0. The average Bonchev–Trinajstić information content (AvgIpc) is 2.65. The highest BCUT2D eigenvalue weighted by molar-refractivity contribution is 5.75. The van der Waals surface area contributed by atoms with E-state index in [4.69, 9.17) is 4.74 Å². The molecule has 32 heavy (non-hydrogen) atoms. The molecule has 0 N–H and O–H groups in total. The van der Waals surface area contributed by atoms with Gasteiger partial charge in [0, 0.05) is 12.0 Å². The molecule has 0 radical (unpaired) electrons. The molecule has 2 rings (SSSR count). The van der Waals surface area contributed by atoms with Gasteiger partial charge < -0.3 is 4.74 Å². The van der Waals surface area contributed by atoms with Crippen LogP contribution in [0.1, 0.15) is 112 Å². The molecule has 0 aliphatic carbocycles. The summed E-state index contributed by atoms with van der Waals surface area (Å²) in [4.78, 5) is 0. The first-order valence-corrected chi connectivity index (χ1v) is 12.4. The van der Waals surface area contributed by atoms with Crippen molar-refractivity contribution in [1.82, 2.24) is 0 Å². The van der Waals surface area contributed by atoms with Gasteiger partial charge in [0.05, 0.1) is 6.61 Å². The SMILES string of the molecule is CCCOCC(C)(C)c1c(-c2ccccc2)cc(C(C)(C)C)c(C(C)(C)C)c1C(C)(C)C. The lowest BCUT2D eigenvalue weighted by Gasteiger charge is -2.42. The van der Waals surface area contributed by atoms with Crippen LogP contribution in [-0.4, -0.2) is 13.2 Å². The Bertz CT molecular complexity index is 897. The van der Waals surface area contributed by atoms with Crippen LogP contribution >= 0.6 is 0 Å². The largest absolute Gasteiger partial charge is 0.381 e. The smallest absolute Gasteiger partial charge is 0.0557 e. The van der Waals surface area contributed by atoms with Crippen LogP contribution in [0.25, 0.3) is 11.1 Å². The summed E-state index contributed by atoms with van der Waals surface area (Å²) in [6.07, 6.45) is 1.05. The van der Waals surface area contributed by atoms with Crippen LogP contribution in [0.4, 0.5) is 0 Å². The molecule has 1 nitrogen and oxygen atoms in total. The second-order valence-electron chi connectivity index (χ2n) is 13.1. The van der Waals surface area contributed by atoms with Crippen molar-refractivity contribution in [2.75, 3.05) is 13.2 Å². The third kappa shape index (κ3) is 5.84. The third-order valence-corrected chi connectivity index (χ3v) is 6.21. The quantitative estimate of drug-likeness (QED) is 0.411. The molecular formula is C31H48O. The van der Waals surface area contributed by atoms with Crippen molar-refractivity contribution in [2.24, 2.45) is 0 Å². The summed E-state index contributed by atoms with van der Waals surface area (Å²) in [5.41, 5.74) is 8.55. The summed E-state index contributed by atoms with van der Waals surface area (Å²) in [6, 6.07) is 13.4. The molecule has 0 aromatic heterocycles. The molecule has 0 spiro atoms. The van der Waals surface area contributed by atoms with Gasteiger partial charge in [-0.15, -0.1) is 0 Å². The minimum atomic E-state index is -0.112. The van der Waals surface area contributed by atoms with Gasteiger partial charge in [0.1, 0.15) is 0 Å². The molecule has 0 aliphatic rings. The first kappa shape index (κ1) is 26.7. The summed E-state index contributed by atoms with van der Waals surface area (Å²) in [5, 5.41) is 0. The first-order valence-electron chi connectivity index (χ1n) is 12.4. The highest BCUT2D eigenvalue weighted by atomic mass is 16.5. The Kier molecular flexibility index (Phi) is 7.77. The standard InChI is InChI=1S/C31H48O/c1-13-19-32-21-31(11,12)25-23(22-17-15-14-16-18-22)20-24(28(2,3)4)26(29(5,6)7)27(25)30(8,9)10/h14-18,20H,13,19,21H2,1-12H3. The molecule has 0 bridgehead atoms. The second kappa shape index (κ2) is 9.34. The molecule has 0 saturated carbocycles. The maximum Gasteiger partial charge on any atom is 0.0557 e. The van der Waals surface area contributed by atoms with Crippen LogP contribution in [-0.2, 0) is 26.4 Å². The predicted octanol–water partition coefficient (Wildman–Crippen LogP) is 8.95. The van der Waals surface area contributed by atoms with Gasteiger partial charge in [-0.3, -0.25) is 0 Å². The third-order valence-electron chi connectivity index (χ3n) is 6.21. The number of hydrogen-bond donors (Lipinski definition) is 0. The second-order valence-corrected chi connectivity index (χ2v) is 13.1. The molecule has 0 aliphatic heterocycles. The van der Waals surface area contributed by atoms with Gasteiger partial charge in [-0.2, -0.15) is 0 Å². The minimum absolute atomic E-state index is 0.00473. The van der Waals surface area contributed by atoms with Crippen LogP contribution in [0.3, 0.4) is 0 Å². The van der Waals surface area contributed by atoms with Gasteiger partial charge in [0.25, 0.3) is 0 Å². The highest BCUT2D eigenvalue weighted by Gasteiger charge is 2.39. The monoisotopic (exact) mass is 436 g/mol. The zero-order chi connectivity index (χ0) is 24.5. The molecule has 0 fully saturated rings. The Labute approximate surface area is 199 Å². The Morgan fingerprint density at radius 2 is 1.19 bits per heavy atom. The van der Waals surface area contributed by atoms with Crippen molar-refractivity contribution in [3.8, 4) is 11.1 Å². The molecule has 0 heterocycles. The van der Waals surface area contributed by atoms with Crippen molar-refractivity contribution in [2.45, 2.75) is 111 Å². The van der Waals surface area contributed by atoms with Crippen molar-refractivity contribution in [3.63, 3.8) is 0 Å². The molecule has 0 saturated heterocycles. The molecule has 2 aromatic carbocycles. The predicted molar refractivity (Wildman–Crippen MR) is 142 cm³/mol. The Hall–Kier alpha value is -1.60. The van der Waals surface area contributed by atoms with E-state index < -0.39 is 0 Å². The van der Waals surface area contributed by atoms with Gasteiger partial charge in [-0.25, -0.2) is 0 Å². The zero-order valence-electron chi connectivity index (χ0n) is 23.0. The van der Waals surface area contributed by atoms with Gasteiger partial charge >= 0.3 is 0 Å². The Morgan fingerprint density at radius 3 is 1.62 bits per heavy atom. The van der Waals surface area contributed by atoms with E-state index in [-0.39, 0.29) is 21.7 Å². The molecule has 0 atom stereocenters. The van der Waals surface area contributed by atoms with Crippen LogP contribution in [0.5, 0.6) is 0 Å². The maximum atomic E-state index is 6.18.